The van der Waals surface area contributed by atoms with E-state index in [0.29, 0.717) is 0 Å². The van der Waals surface area contributed by atoms with Gasteiger partial charge in [-0.25, -0.2) is 0 Å². The number of nitrogens with zero attached hydrogens (tertiary/aromatic N) is 1. The summed E-state index contributed by atoms with van der Waals surface area (Å²) in [5.74, 6) is 0.630. The number of hydrogen-bond acceptors (Lipinski definition) is 3. The second kappa shape index (κ2) is 6.57. The molecule has 106 valence electrons. The van der Waals surface area contributed by atoms with E-state index in [1.54, 1.807) is 14.0 Å². The molecule has 1 rings (SSSR count). The van der Waals surface area contributed by atoms with E-state index in [-0.39, 0.29) is 25.2 Å². The fourth-order valence-electron chi connectivity index (χ4n) is 2.00. The Morgan fingerprint density at radius 1 is 1.32 bits per heavy atom. The van der Waals surface area contributed by atoms with Gasteiger partial charge in [0.05, 0.1) is 12.6 Å². The van der Waals surface area contributed by atoms with Gasteiger partial charge in [-0.15, -0.1) is 0 Å². The summed E-state index contributed by atoms with van der Waals surface area (Å²) >= 11 is 0. The van der Waals surface area contributed by atoms with Gasteiger partial charge in [0.25, 0.3) is 5.91 Å². The molecule has 0 saturated heterocycles. The fourth-order valence-corrected chi connectivity index (χ4v) is 2.00. The Morgan fingerprint density at radius 3 is 2.32 bits per heavy atom. The number of hydrogen-bond donors (Lipinski definition) is 1. The number of carbonyl (C=O) groups excluding carboxylic acids is 1. The predicted octanol–water partition coefficient (Wildman–Crippen LogP) is 1.83. The molecule has 1 amide bonds. The quantitative estimate of drug-likeness (QED) is 0.883. The molecule has 0 aromatic heterocycles. The number of aryl methyl sites for hydroxylation is 3. The second-order valence-corrected chi connectivity index (χ2v) is 5.05. The molecule has 0 aliphatic heterocycles. The third-order valence-electron chi connectivity index (χ3n) is 3.26. The Labute approximate surface area is 115 Å². The Morgan fingerprint density at radius 2 is 1.84 bits per heavy atom. The van der Waals surface area contributed by atoms with Crippen molar-refractivity contribution in [3.05, 3.63) is 28.8 Å². The number of rotatable bonds is 5. The van der Waals surface area contributed by atoms with Crippen LogP contribution in [0.3, 0.4) is 0 Å². The van der Waals surface area contributed by atoms with Crippen LogP contribution in [0.4, 0.5) is 0 Å². The number of ether oxygens (including phenoxy) is 1. The van der Waals surface area contributed by atoms with Crippen LogP contribution in [0.25, 0.3) is 0 Å². The van der Waals surface area contributed by atoms with E-state index in [2.05, 4.69) is 0 Å². The highest BCUT2D eigenvalue weighted by Crippen LogP contribution is 2.24. The van der Waals surface area contributed by atoms with Gasteiger partial charge in [0, 0.05) is 7.05 Å². The van der Waals surface area contributed by atoms with Gasteiger partial charge in [-0.2, -0.15) is 0 Å². The minimum atomic E-state index is -0.198. The van der Waals surface area contributed by atoms with Crippen molar-refractivity contribution in [2.75, 3.05) is 20.3 Å². The Kier molecular flexibility index (Phi) is 5.36. The first kappa shape index (κ1) is 15.5. The Balaban J connectivity index is 2.70. The van der Waals surface area contributed by atoms with Crippen LogP contribution in [-0.4, -0.2) is 42.2 Å². The number of amides is 1. The average Bonchev–Trinajstić information content (AvgIpc) is 2.35. The molecule has 0 radical (unpaired) electrons. The zero-order valence-electron chi connectivity index (χ0n) is 12.4. The van der Waals surface area contributed by atoms with Gasteiger partial charge < -0.3 is 14.7 Å². The van der Waals surface area contributed by atoms with E-state index in [0.717, 1.165) is 16.9 Å². The van der Waals surface area contributed by atoms with E-state index in [9.17, 15) is 4.79 Å². The van der Waals surface area contributed by atoms with E-state index < -0.39 is 0 Å². The van der Waals surface area contributed by atoms with Crippen molar-refractivity contribution in [3.8, 4) is 5.75 Å². The van der Waals surface area contributed by atoms with Crippen molar-refractivity contribution in [2.24, 2.45) is 0 Å². The van der Waals surface area contributed by atoms with Crippen LogP contribution in [-0.2, 0) is 4.79 Å². The molecule has 4 nitrogen and oxygen atoms in total. The van der Waals surface area contributed by atoms with Gasteiger partial charge in [0.1, 0.15) is 5.75 Å². The Bertz CT molecular complexity index is 434. The van der Waals surface area contributed by atoms with Gasteiger partial charge in [-0.1, -0.05) is 17.7 Å². The minimum Gasteiger partial charge on any atom is -0.483 e. The van der Waals surface area contributed by atoms with Crippen molar-refractivity contribution in [2.45, 2.75) is 33.7 Å². The van der Waals surface area contributed by atoms with Crippen molar-refractivity contribution in [3.63, 3.8) is 0 Å². The summed E-state index contributed by atoms with van der Waals surface area (Å²) in [5.41, 5.74) is 3.24. The van der Waals surface area contributed by atoms with Gasteiger partial charge in [-0.3, -0.25) is 4.79 Å². The molecule has 0 heterocycles. The first-order chi connectivity index (χ1) is 8.86. The number of likely N-dealkylation sites (N-methyl/N-ethyl adjacent to an activating group) is 1. The minimum absolute atomic E-state index is 0.00835. The third kappa shape index (κ3) is 3.96. The van der Waals surface area contributed by atoms with E-state index >= 15 is 0 Å². The number of carbonyl (C=O) groups is 1. The maximum absolute atomic E-state index is 11.9. The monoisotopic (exact) mass is 265 g/mol. The molecule has 0 bridgehead atoms. The highest BCUT2D eigenvalue weighted by Gasteiger charge is 2.16. The lowest BCUT2D eigenvalue weighted by Gasteiger charge is -2.23. The largest absolute Gasteiger partial charge is 0.483 e. The van der Waals surface area contributed by atoms with E-state index in [1.807, 2.05) is 32.9 Å². The van der Waals surface area contributed by atoms with Crippen molar-refractivity contribution in [1.29, 1.82) is 0 Å². The predicted molar refractivity (Wildman–Crippen MR) is 75.5 cm³/mol. The zero-order valence-corrected chi connectivity index (χ0v) is 12.4. The molecule has 1 atom stereocenters. The van der Waals surface area contributed by atoms with Crippen molar-refractivity contribution < 1.29 is 14.6 Å². The summed E-state index contributed by atoms with van der Waals surface area (Å²) < 4.78 is 5.63. The summed E-state index contributed by atoms with van der Waals surface area (Å²) in [7, 11) is 1.67. The van der Waals surface area contributed by atoms with Gasteiger partial charge in [0.2, 0.25) is 0 Å². The molecule has 0 aliphatic rings. The summed E-state index contributed by atoms with van der Waals surface area (Å²) in [5, 5.41) is 9.02. The molecular formula is C15H23NO3. The summed E-state index contributed by atoms with van der Waals surface area (Å²) in [4.78, 5) is 13.4. The van der Waals surface area contributed by atoms with Crippen LogP contribution >= 0.6 is 0 Å². The van der Waals surface area contributed by atoms with Crippen LogP contribution in [0.2, 0.25) is 0 Å². The van der Waals surface area contributed by atoms with Crippen LogP contribution in [0.5, 0.6) is 5.75 Å². The molecule has 0 saturated carbocycles. The lowest BCUT2D eigenvalue weighted by Crippen LogP contribution is -2.40. The van der Waals surface area contributed by atoms with Crippen LogP contribution < -0.4 is 4.74 Å². The van der Waals surface area contributed by atoms with Gasteiger partial charge >= 0.3 is 0 Å². The summed E-state index contributed by atoms with van der Waals surface area (Å²) in [6, 6.07) is 3.87. The zero-order chi connectivity index (χ0) is 14.6. The molecule has 4 heteroatoms. The lowest BCUT2D eigenvalue weighted by atomic mass is 10.1. The lowest BCUT2D eigenvalue weighted by molar-refractivity contribution is -0.134. The highest BCUT2D eigenvalue weighted by atomic mass is 16.5. The summed E-state index contributed by atoms with van der Waals surface area (Å²) in [6.07, 6.45) is 0. The van der Waals surface area contributed by atoms with Crippen LogP contribution in [0.1, 0.15) is 23.6 Å². The molecule has 0 aliphatic carbocycles. The normalized spacial score (nSPS) is 12.1. The van der Waals surface area contributed by atoms with E-state index in [1.165, 1.54) is 10.5 Å². The van der Waals surface area contributed by atoms with Crippen LogP contribution in [0.15, 0.2) is 12.1 Å². The molecule has 19 heavy (non-hydrogen) atoms. The topological polar surface area (TPSA) is 49.8 Å². The second-order valence-electron chi connectivity index (χ2n) is 5.05. The molecule has 0 spiro atoms. The fraction of sp³-hybridized carbons (Fsp3) is 0.533. The van der Waals surface area contributed by atoms with Gasteiger partial charge in [0.15, 0.2) is 6.61 Å². The number of benzene rings is 1. The van der Waals surface area contributed by atoms with Crippen molar-refractivity contribution >= 4 is 5.91 Å². The molecule has 1 N–H and O–H groups in total. The molecule has 1 unspecified atom stereocenters. The third-order valence-corrected chi connectivity index (χ3v) is 3.26. The highest BCUT2D eigenvalue weighted by molar-refractivity contribution is 5.77. The number of aliphatic hydroxyl groups excluding tert-OH is 1. The average molecular weight is 265 g/mol. The molecule has 1 aromatic carbocycles. The number of aliphatic hydroxyl groups is 1. The van der Waals surface area contributed by atoms with E-state index in [4.69, 9.17) is 9.84 Å². The SMILES string of the molecule is Cc1cc(C)c(OCC(=O)N(C)C(C)CO)c(C)c1. The standard InChI is InChI=1S/C15H23NO3/c1-10-6-11(2)15(12(3)7-10)19-9-14(18)16(5)13(4)8-17/h6-7,13,17H,8-9H2,1-5H3. The summed E-state index contributed by atoms with van der Waals surface area (Å²) in [6.45, 7) is 7.71. The molecule has 0 fully saturated rings. The molecular weight excluding hydrogens is 242 g/mol. The van der Waals surface area contributed by atoms with Gasteiger partial charge in [-0.05, 0) is 38.8 Å². The molecule has 1 aromatic rings. The maximum Gasteiger partial charge on any atom is 0.260 e. The Hall–Kier alpha value is -1.55. The van der Waals surface area contributed by atoms with Crippen molar-refractivity contribution in [1.82, 2.24) is 4.90 Å². The maximum atomic E-state index is 11.9. The van der Waals surface area contributed by atoms with Crippen LogP contribution in [0, 0.1) is 20.8 Å². The first-order valence-corrected chi connectivity index (χ1v) is 6.44. The smallest absolute Gasteiger partial charge is 0.260 e. The first-order valence-electron chi connectivity index (χ1n) is 6.44.